The second-order valence-electron chi connectivity index (χ2n) is 4.33. The van der Waals surface area contributed by atoms with Gasteiger partial charge in [-0.05, 0) is 40.5 Å². The second-order valence-corrected chi connectivity index (χ2v) is 4.33. The first-order chi connectivity index (χ1) is 5.30. The lowest BCUT2D eigenvalue weighted by Crippen LogP contribution is -2.21. The Morgan fingerprint density at radius 3 is 1.83 bits per heavy atom. The first-order valence-corrected chi connectivity index (χ1v) is 4.48. The Balaban J connectivity index is 0.000000217. The van der Waals surface area contributed by atoms with Gasteiger partial charge in [-0.25, -0.2) is 0 Å². The number of hydrogen-bond acceptors (Lipinski definition) is 3. The molecule has 0 aromatic heterocycles. The minimum atomic E-state index is -0.500. The molecule has 0 aromatic carbocycles. The van der Waals surface area contributed by atoms with Crippen molar-refractivity contribution in [3.8, 4) is 0 Å². The third-order valence-corrected chi connectivity index (χ3v) is 1.52. The maximum absolute atomic E-state index is 8.83. The van der Waals surface area contributed by atoms with Crippen LogP contribution in [-0.4, -0.2) is 33.6 Å². The predicted molar refractivity (Wildman–Crippen MR) is 49.2 cm³/mol. The molecule has 3 heteroatoms. The van der Waals surface area contributed by atoms with Crippen LogP contribution in [0, 0.1) is 0 Å². The Hall–Kier alpha value is -0.120. The summed E-state index contributed by atoms with van der Waals surface area (Å²) in [6.45, 7) is 8.13. The lowest BCUT2D eigenvalue weighted by molar-refractivity contribution is -0.0969. The zero-order chi connectivity index (χ0) is 9.78. The van der Waals surface area contributed by atoms with E-state index < -0.39 is 5.60 Å². The van der Waals surface area contributed by atoms with Gasteiger partial charge in [0.1, 0.15) is 0 Å². The molecule has 0 bridgehead atoms. The standard InChI is InChI=1S/C5H11NO.C4H10O/c1-5-3-2-4-6(5)7;1-4(2,3)5/h5,7H,2-4H2,1H3;5H,1-3H3/t5-;/m1./s1. The van der Waals surface area contributed by atoms with Crippen LogP contribution in [0.4, 0.5) is 0 Å². The fourth-order valence-corrected chi connectivity index (χ4v) is 0.918. The van der Waals surface area contributed by atoms with E-state index in [4.69, 9.17) is 10.3 Å². The Morgan fingerprint density at radius 2 is 1.75 bits per heavy atom. The van der Waals surface area contributed by atoms with E-state index in [1.807, 2.05) is 6.92 Å². The monoisotopic (exact) mass is 175 g/mol. The molecule has 1 rings (SSSR count). The van der Waals surface area contributed by atoms with Crippen LogP contribution in [0.25, 0.3) is 0 Å². The summed E-state index contributed by atoms with van der Waals surface area (Å²) in [5, 5.41) is 18.8. The van der Waals surface area contributed by atoms with Crippen molar-refractivity contribution in [1.29, 1.82) is 0 Å². The summed E-state index contributed by atoms with van der Waals surface area (Å²) in [5.74, 6) is 0. The molecule has 0 aromatic rings. The maximum atomic E-state index is 8.83. The van der Waals surface area contributed by atoms with Crippen LogP contribution in [0.15, 0.2) is 0 Å². The molecule has 1 fully saturated rings. The van der Waals surface area contributed by atoms with Gasteiger partial charge >= 0.3 is 0 Å². The minimum absolute atomic E-state index is 0.403. The summed E-state index contributed by atoms with van der Waals surface area (Å²) in [5.41, 5.74) is -0.500. The largest absolute Gasteiger partial charge is 0.391 e. The predicted octanol–water partition coefficient (Wildman–Crippen LogP) is 1.64. The molecule has 1 saturated heterocycles. The topological polar surface area (TPSA) is 43.7 Å². The highest BCUT2D eigenvalue weighted by molar-refractivity contribution is 4.66. The molecule has 0 amide bonds. The van der Waals surface area contributed by atoms with Gasteiger partial charge in [0.25, 0.3) is 0 Å². The van der Waals surface area contributed by atoms with Crippen molar-refractivity contribution in [2.75, 3.05) is 6.54 Å². The van der Waals surface area contributed by atoms with E-state index in [-0.39, 0.29) is 0 Å². The molecular formula is C9H21NO2. The molecule has 0 spiro atoms. The normalized spacial score (nSPS) is 25.0. The van der Waals surface area contributed by atoms with Crippen LogP contribution in [-0.2, 0) is 0 Å². The minimum Gasteiger partial charge on any atom is -0.391 e. The van der Waals surface area contributed by atoms with Gasteiger partial charge in [-0.1, -0.05) is 0 Å². The lowest BCUT2D eigenvalue weighted by atomic mass is 10.2. The Kier molecular flexibility index (Phi) is 4.75. The van der Waals surface area contributed by atoms with Crippen LogP contribution >= 0.6 is 0 Å². The second kappa shape index (κ2) is 4.80. The van der Waals surface area contributed by atoms with Gasteiger partial charge in [0.2, 0.25) is 0 Å². The highest BCUT2D eigenvalue weighted by Crippen LogP contribution is 2.12. The first kappa shape index (κ1) is 11.9. The van der Waals surface area contributed by atoms with E-state index in [0.717, 1.165) is 19.4 Å². The molecule has 12 heavy (non-hydrogen) atoms. The van der Waals surface area contributed by atoms with Gasteiger partial charge in [-0.3, -0.25) is 0 Å². The van der Waals surface area contributed by atoms with Crippen molar-refractivity contribution in [1.82, 2.24) is 5.06 Å². The summed E-state index contributed by atoms with van der Waals surface area (Å²) in [6.07, 6.45) is 2.30. The van der Waals surface area contributed by atoms with Crippen LogP contribution in [0.2, 0.25) is 0 Å². The van der Waals surface area contributed by atoms with Gasteiger partial charge < -0.3 is 10.3 Å². The molecule has 74 valence electrons. The van der Waals surface area contributed by atoms with Gasteiger partial charge in [0.05, 0.1) is 5.60 Å². The average Bonchev–Trinajstić information content (AvgIpc) is 2.12. The number of nitrogens with zero attached hydrogens (tertiary/aromatic N) is 1. The molecule has 2 N–H and O–H groups in total. The Morgan fingerprint density at radius 1 is 1.33 bits per heavy atom. The van der Waals surface area contributed by atoms with Crippen molar-refractivity contribution in [2.45, 2.75) is 52.2 Å². The number of hydrogen-bond donors (Lipinski definition) is 2. The zero-order valence-corrected chi connectivity index (χ0v) is 8.54. The van der Waals surface area contributed by atoms with Gasteiger partial charge in [0.15, 0.2) is 0 Å². The molecule has 0 saturated carbocycles. The highest BCUT2D eigenvalue weighted by atomic mass is 16.5. The molecule has 1 atom stereocenters. The molecule has 0 radical (unpaired) electrons. The molecule has 1 aliphatic rings. The Bertz CT molecular complexity index is 106. The fourth-order valence-electron chi connectivity index (χ4n) is 0.918. The molecule has 0 unspecified atom stereocenters. The highest BCUT2D eigenvalue weighted by Gasteiger charge is 2.16. The molecule has 3 nitrogen and oxygen atoms in total. The van der Waals surface area contributed by atoms with Gasteiger partial charge in [0, 0.05) is 12.6 Å². The third-order valence-electron chi connectivity index (χ3n) is 1.52. The van der Waals surface area contributed by atoms with Crippen LogP contribution in [0.1, 0.15) is 40.5 Å². The van der Waals surface area contributed by atoms with Gasteiger partial charge in [-0.2, -0.15) is 5.06 Å². The summed E-state index contributed by atoms with van der Waals surface area (Å²) in [6, 6.07) is 0.403. The van der Waals surface area contributed by atoms with Crippen molar-refractivity contribution in [3.63, 3.8) is 0 Å². The molecular weight excluding hydrogens is 154 g/mol. The van der Waals surface area contributed by atoms with E-state index in [0.29, 0.717) is 6.04 Å². The zero-order valence-electron chi connectivity index (χ0n) is 8.54. The number of rotatable bonds is 0. The van der Waals surface area contributed by atoms with Crippen molar-refractivity contribution >= 4 is 0 Å². The van der Waals surface area contributed by atoms with E-state index in [1.54, 1.807) is 20.8 Å². The van der Waals surface area contributed by atoms with Crippen molar-refractivity contribution in [2.24, 2.45) is 0 Å². The average molecular weight is 175 g/mol. The van der Waals surface area contributed by atoms with Crippen molar-refractivity contribution in [3.05, 3.63) is 0 Å². The van der Waals surface area contributed by atoms with Crippen LogP contribution in [0.5, 0.6) is 0 Å². The van der Waals surface area contributed by atoms with Gasteiger partial charge in [-0.15, -0.1) is 0 Å². The van der Waals surface area contributed by atoms with E-state index in [1.165, 1.54) is 5.06 Å². The SMILES string of the molecule is CC(C)(C)O.C[C@@H]1CCCN1O. The van der Waals surface area contributed by atoms with E-state index >= 15 is 0 Å². The quantitative estimate of drug-likeness (QED) is 0.588. The summed E-state index contributed by atoms with van der Waals surface area (Å²) in [4.78, 5) is 0. The summed E-state index contributed by atoms with van der Waals surface area (Å²) >= 11 is 0. The van der Waals surface area contributed by atoms with Crippen LogP contribution in [0.3, 0.4) is 0 Å². The molecule has 1 heterocycles. The lowest BCUT2D eigenvalue weighted by Gasteiger charge is -2.09. The smallest absolute Gasteiger partial charge is 0.0563 e. The van der Waals surface area contributed by atoms with Crippen molar-refractivity contribution < 1.29 is 10.3 Å². The maximum Gasteiger partial charge on any atom is 0.0563 e. The fraction of sp³-hybridized carbons (Fsp3) is 1.00. The summed E-state index contributed by atoms with van der Waals surface area (Å²) in [7, 11) is 0. The number of hydroxylamine groups is 2. The Labute approximate surface area is 75.0 Å². The molecule has 0 aliphatic carbocycles. The first-order valence-electron chi connectivity index (χ1n) is 4.48. The number of aliphatic hydroxyl groups is 1. The molecule has 1 aliphatic heterocycles. The van der Waals surface area contributed by atoms with Crippen LogP contribution < -0.4 is 0 Å². The van der Waals surface area contributed by atoms with E-state index in [9.17, 15) is 0 Å². The third kappa shape index (κ3) is 7.98. The van der Waals surface area contributed by atoms with E-state index in [2.05, 4.69) is 0 Å². The summed E-state index contributed by atoms with van der Waals surface area (Å²) < 4.78 is 0.